The lowest BCUT2D eigenvalue weighted by Gasteiger charge is -2.14. The fraction of sp³-hybridized carbons (Fsp3) is 0.211. The molecular formula is C19H19N5O2. The molecule has 26 heavy (non-hydrogen) atoms. The maximum Gasteiger partial charge on any atom is 0.323 e. The molecule has 0 aliphatic rings. The van der Waals surface area contributed by atoms with Gasteiger partial charge in [-0.15, -0.1) is 0 Å². The molecule has 0 aliphatic carbocycles. The smallest absolute Gasteiger partial charge is 0.323 e. The van der Waals surface area contributed by atoms with Gasteiger partial charge in [0.25, 0.3) is 0 Å². The number of aromatic nitrogens is 4. The highest BCUT2D eigenvalue weighted by Gasteiger charge is 2.13. The molecule has 0 saturated carbocycles. The molecule has 0 fully saturated rings. The molecule has 4 rings (SSSR count). The van der Waals surface area contributed by atoms with Gasteiger partial charge in [-0.1, -0.05) is 12.1 Å². The molecule has 1 atom stereocenters. The molecule has 3 heterocycles. The monoisotopic (exact) mass is 349 g/mol. The molecule has 7 nitrogen and oxygen atoms in total. The summed E-state index contributed by atoms with van der Waals surface area (Å²) in [5.41, 5.74) is 4.82. The van der Waals surface area contributed by atoms with Crippen molar-refractivity contribution in [2.24, 2.45) is 0 Å². The Kier molecular flexibility index (Phi) is 3.84. The summed E-state index contributed by atoms with van der Waals surface area (Å²) in [7, 11) is 0. The lowest BCUT2D eigenvalue weighted by atomic mass is 10.1. The molecule has 1 aromatic carbocycles. The first-order valence-electron chi connectivity index (χ1n) is 8.44. The van der Waals surface area contributed by atoms with E-state index in [9.17, 15) is 9.59 Å². The van der Waals surface area contributed by atoms with Crippen molar-refractivity contribution in [1.82, 2.24) is 24.7 Å². The van der Waals surface area contributed by atoms with E-state index in [0.717, 1.165) is 33.5 Å². The van der Waals surface area contributed by atoms with Gasteiger partial charge in [-0.05, 0) is 43.2 Å². The molecule has 1 amide bonds. The van der Waals surface area contributed by atoms with E-state index in [1.165, 1.54) is 0 Å². The number of hydrogen-bond acceptors (Lipinski definition) is 3. The summed E-state index contributed by atoms with van der Waals surface area (Å²) in [6, 6.07) is 9.37. The van der Waals surface area contributed by atoms with Crippen molar-refractivity contribution >= 4 is 22.6 Å². The number of fused-ring (bicyclic) bond motifs is 2. The molecule has 0 aliphatic heterocycles. The van der Waals surface area contributed by atoms with Crippen molar-refractivity contribution in [2.45, 2.75) is 26.3 Å². The predicted molar refractivity (Wildman–Crippen MR) is 99.1 cm³/mol. The van der Waals surface area contributed by atoms with E-state index in [0.29, 0.717) is 0 Å². The molecule has 4 aromatic rings. The van der Waals surface area contributed by atoms with Crippen LogP contribution in [0.4, 0.5) is 0 Å². The Bertz CT molecular complexity index is 1170. The number of imidazole rings is 2. The summed E-state index contributed by atoms with van der Waals surface area (Å²) < 4.78 is 1.93. The standard InChI is InChI=1S/C19H19N5O2/c1-11-4-3-7-24-10-14(21-18(11)24)9-17(25)20-12(2)13-5-6-15-16(8-13)23-19(26)22-15/h3-8,10,12H,9H2,1-2H3,(H,20,25)(H2,22,23,26). The molecule has 0 saturated heterocycles. The van der Waals surface area contributed by atoms with Crippen molar-refractivity contribution in [3.63, 3.8) is 0 Å². The van der Waals surface area contributed by atoms with Gasteiger partial charge in [-0.25, -0.2) is 9.78 Å². The minimum atomic E-state index is -0.240. The van der Waals surface area contributed by atoms with E-state index in [4.69, 9.17) is 0 Å². The Labute approximate surface area is 149 Å². The van der Waals surface area contributed by atoms with Crippen LogP contribution in [0.5, 0.6) is 0 Å². The maximum atomic E-state index is 12.4. The topological polar surface area (TPSA) is 95.0 Å². The lowest BCUT2D eigenvalue weighted by Crippen LogP contribution is -2.28. The van der Waals surface area contributed by atoms with Crippen molar-refractivity contribution < 1.29 is 4.79 Å². The van der Waals surface area contributed by atoms with E-state index < -0.39 is 0 Å². The third-order valence-corrected chi connectivity index (χ3v) is 4.49. The Morgan fingerprint density at radius 2 is 2.08 bits per heavy atom. The number of H-pyrrole nitrogens is 2. The Morgan fingerprint density at radius 1 is 1.27 bits per heavy atom. The molecule has 0 radical (unpaired) electrons. The first-order valence-corrected chi connectivity index (χ1v) is 8.44. The van der Waals surface area contributed by atoms with Crippen LogP contribution in [0.3, 0.4) is 0 Å². The number of amides is 1. The highest BCUT2D eigenvalue weighted by Crippen LogP contribution is 2.17. The van der Waals surface area contributed by atoms with Crippen LogP contribution in [0.1, 0.15) is 29.8 Å². The fourth-order valence-electron chi connectivity index (χ4n) is 3.15. The molecule has 1 unspecified atom stereocenters. The maximum absolute atomic E-state index is 12.4. The van der Waals surface area contributed by atoms with E-state index in [2.05, 4.69) is 20.3 Å². The molecule has 0 bridgehead atoms. The Hall–Kier alpha value is -3.35. The summed E-state index contributed by atoms with van der Waals surface area (Å²) in [5, 5.41) is 2.98. The Morgan fingerprint density at radius 3 is 2.88 bits per heavy atom. The van der Waals surface area contributed by atoms with Gasteiger partial charge in [0.15, 0.2) is 0 Å². The van der Waals surface area contributed by atoms with Gasteiger partial charge in [0.1, 0.15) is 5.65 Å². The SMILES string of the molecule is Cc1cccn2cc(CC(=O)NC(C)c3ccc4[nH]c(=O)[nH]c4c3)nc12. The molecule has 3 aromatic heterocycles. The third-order valence-electron chi connectivity index (χ3n) is 4.49. The quantitative estimate of drug-likeness (QED) is 0.527. The molecule has 0 spiro atoms. The lowest BCUT2D eigenvalue weighted by molar-refractivity contribution is -0.121. The van der Waals surface area contributed by atoms with Crippen LogP contribution in [-0.4, -0.2) is 25.3 Å². The van der Waals surface area contributed by atoms with Gasteiger partial charge in [-0.3, -0.25) is 4.79 Å². The summed E-state index contributed by atoms with van der Waals surface area (Å²) >= 11 is 0. The van der Waals surface area contributed by atoms with Crippen LogP contribution < -0.4 is 11.0 Å². The Balaban J connectivity index is 1.48. The van der Waals surface area contributed by atoms with Crippen molar-refractivity contribution in [2.75, 3.05) is 0 Å². The number of rotatable bonds is 4. The average molecular weight is 349 g/mol. The summed E-state index contributed by atoms with van der Waals surface area (Å²) in [5.74, 6) is -0.0961. The fourth-order valence-corrected chi connectivity index (χ4v) is 3.15. The summed E-state index contributed by atoms with van der Waals surface area (Å²) in [4.78, 5) is 33.7. The van der Waals surface area contributed by atoms with Crippen molar-refractivity contribution in [3.8, 4) is 0 Å². The normalized spacial score (nSPS) is 12.5. The number of benzene rings is 1. The second kappa shape index (κ2) is 6.18. The number of aromatic amines is 2. The number of aryl methyl sites for hydroxylation is 1. The molecular weight excluding hydrogens is 330 g/mol. The molecule has 3 N–H and O–H groups in total. The predicted octanol–water partition coefficient (Wildman–Crippen LogP) is 2.23. The number of nitrogens with one attached hydrogen (secondary N) is 3. The van der Waals surface area contributed by atoms with Crippen LogP contribution in [0, 0.1) is 6.92 Å². The zero-order chi connectivity index (χ0) is 18.3. The number of nitrogens with zero attached hydrogens (tertiary/aromatic N) is 2. The van der Waals surface area contributed by atoms with E-state index in [-0.39, 0.29) is 24.1 Å². The largest absolute Gasteiger partial charge is 0.349 e. The van der Waals surface area contributed by atoms with Crippen molar-refractivity contribution in [3.05, 3.63) is 70.0 Å². The van der Waals surface area contributed by atoms with Gasteiger partial charge in [0.05, 0.1) is 29.2 Å². The summed E-state index contributed by atoms with van der Waals surface area (Å²) in [6.45, 7) is 3.91. The van der Waals surface area contributed by atoms with Gasteiger partial charge in [0.2, 0.25) is 5.91 Å². The second-order valence-corrected chi connectivity index (χ2v) is 6.50. The number of pyridine rings is 1. The molecule has 7 heteroatoms. The van der Waals surface area contributed by atoms with Crippen LogP contribution in [0.15, 0.2) is 47.5 Å². The number of carbonyl (C=O) groups is 1. The minimum Gasteiger partial charge on any atom is -0.349 e. The van der Waals surface area contributed by atoms with Gasteiger partial charge < -0.3 is 19.7 Å². The summed E-state index contributed by atoms with van der Waals surface area (Å²) in [6.07, 6.45) is 4.02. The van der Waals surface area contributed by atoms with E-state index >= 15 is 0 Å². The van der Waals surface area contributed by atoms with Gasteiger partial charge >= 0.3 is 5.69 Å². The zero-order valence-corrected chi connectivity index (χ0v) is 14.5. The first-order chi connectivity index (χ1) is 12.5. The van der Waals surface area contributed by atoms with Crippen LogP contribution in [0.2, 0.25) is 0 Å². The number of carbonyl (C=O) groups excluding carboxylic acids is 1. The van der Waals surface area contributed by atoms with Crippen LogP contribution in [0.25, 0.3) is 16.7 Å². The van der Waals surface area contributed by atoms with E-state index in [1.807, 2.05) is 61.0 Å². The van der Waals surface area contributed by atoms with E-state index in [1.54, 1.807) is 0 Å². The average Bonchev–Trinajstić information content (AvgIpc) is 3.16. The van der Waals surface area contributed by atoms with Crippen LogP contribution in [-0.2, 0) is 11.2 Å². The second-order valence-electron chi connectivity index (χ2n) is 6.50. The van der Waals surface area contributed by atoms with Gasteiger partial charge in [-0.2, -0.15) is 0 Å². The van der Waals surface area contributed by atoms with Crippen LogP contribution >= 0.6 is 0 Å². The first kappa shape index (κ1) is 16.1. The highest BCUT2D eigenvalue weighted by molar-refractivity contribution is 5.79. The number of hydrogen-bond donors (Lipinski definition) is 3. The zero-order valence-electron chi connectivity index (χ0n) is 14.5. The van der Waals surface area contributed by atoms with Gasteiger partial charge in [0, 0.05) is 12.4 Å². The molecule has 132 valence electrons. The highest BCUT2D eigenvalue weighted by atomic mass is 16.1. The minimum absolute atomic E-state index is 0.0961. The van der Waals surface area contributed by atoms with Crippen molar-refractivity contribution in [1.29, 1.82) is 0 Å². The third kappa shape index (κ3) is 2.99.